The lowest BCUT2D eigenvalue weighted by Crippen LogP contribution is -2.01. The smallest absolute Gasteiger partial charge is 0.145 e. The third-order valence-corrected chi connectivity index (χ3v) is 4.08. The van der Waals surface area contributed by atoms with E-state index in [1.165, 1.54) is 11.1 Å². The summed E-state index contributed by atoms with van der Waals surface area (Å²) in [7, 11) is 1.69. The van der Waals surface area contributed by atoms with Gasteiger partial charge < -0.3 is 10.1 Å². The molecule has 0 radical (unpaired) electrons. The number of aromatic nitrogens is 1. The predicted octanol–water partition coefficient (Wildman–Crippen LogP) is 5.25. The van der Waals surface area contributed by atoms with Crippen LogP contribution in [0.25, 0.3) is 10.9 Å². The molecule has 3 aromatic rings. The van der Waals surface area contributed by atoms with Crippen LogP contribution in [0.2, 0.25) is 0 Å². The average molecular weight is 306 g/mol. The summed E-state index contributed by atoms with van der Waals surface area (Å²) in [5.41, 5.74) is 5.61. The summed E-state index contributed by atoms with van der Waals surface area (Å²) in [5, 5.41) is 4.72. The largest absolute Gasteiger partial charge is 0.494 e. The number of hydrogen-bond acceptors (Lipinski definition) is 3. The summed E-state index contributed by atoms with van der Waals surface area (Å²) in [6, 6.07) is 14.4. The number of anilines is 2. The van der Waals surface area contributed by atoms with Crippen LogP contribution in [0, 0.1) is 6.92 Å². The monoisotopic (exact) mass is 306 g/mol. The van der Waals surface area contributed by atoms with Gasteiger partial charge in [0.2, 0.25) is 0 Å². The summed E-state index contributed by atoms with van der Waals surface area (Å²) in [4.78, 5) is 4.63. The van der Waals surface area contributed by atoms with Gasteiger partial charge >= 0.3 is 0 Å². The van der Waals surface area contributed by atoms with Crippen LogP contribution in [0.5, 0.6) is 5.75 Å². The van der Waals surface area contributed by atoms with Crippen LogP contribution in [0.1, 0.15) is 24.5 Å². The maximum Gasteiger partial charge on any atom is 0.145 e. The third-order valence-electron chi connectivity index (χ3n) is 4.08. The molecular weight excluding hydrogens is 284 g/mol. The fourth-order valence-corrected chi connectivity index (χ4v) is 2.86. The van der Waals surface area contributed by atoms with Crippen molar-refractivity contribution in [2.24, 2.45) is 0 Å². The van der Waals surface area contributed by atoms with Crippen LogP contribution in [-0.2, 0) is 6.42 Å². The highest BCUT2D eigenvalue weighted by atomic mass is 16.5. The van der Waals surface area contributed by atoms with Gasteiger partial charge in [0.25, 0.3) is 0 Å². The molecule has 0 spiro atoms. The van der Waals surface area contributed by atoms with Crippen LogP contribution >= 0.6 is 0 Å². The normalized spacial score (nSPS) is 10.7. The molecule has 0 unspecified atom stereocenters. The van der Waals surface area contributed by atoms with Crippen molar-refractivity contribution in [2.45, 2.75) is 26.7 Å². The second kappa shape index (κ2) is 6.69. The first kappa shape index (κ1) is 15.3. The lowest BCUT2D eigenvalue weighted by molar-refractivity contribution is 0.419. The molecule has 0 aliphatic carbocycles. The van der Waals surface area contributed by atoms with Gasteiger partial charge in [0.1, 0.15) is 11.3 Å². The van der Waals surface area contributed by atoms with Crippen LogP contribution < -0.4 is 10.1 Å². The van der Waals surface area contributed by atoms with E-state index in [0.717, 1.165) is 40.9 Å². The minimum Gasteiger partial charge on any atom is -0.494 e. The Hall–Kier alpha value is -2.55. The number of benzene rings is 2. The highest BCUT2D eigenvalue weighted by Crippen LogP contribution is 2.34. The highest BCUT2D eigenvalue weighted by molar-refractivity contribution is 5.97. The average Bonchev–Trinajstić information content (AvgIpc) is 2.58. The van der Waals surface area contributed by atoms with E-state index in [1.807, 2.05) is 18.3 Å². The number of ether oxygens (including phenoxy) is 1. The van der Waals surface area contributed by atoms with E-state index >= 15 is 0 Å². The van der Waals surface area contributed by atoms with Crippen molar-refractivity contribution in [3.8, 4) is 5.75 Å². The molecule has 23 heavy (non-hydrogen) atoms. The number of rotatable bonds is 5. The van der Waals surface area contributed by atoms with Gasteiger partial charge in [-0.3, -0.25) is 4.98 Å². The van der Waals surface area contributed by atoms with E-state index in [4.69, 9.17) is 4.74 Å². The van der Waals surface area contributed by atoms with Crippen molar-refractivity contribution in [3.63, 3.8) is 0 Å². The second-order valence-electron chi connectivity index (χ2n) is 5.70. The Balaban J connectivity index is 2.19. The third kappa shape index (κ3) is 3.00. The summed E-state index contributed by atoms with van der Waals surface area (Å²) in [6.07, 6.45) is 4.04. The maximum atomic E-state index is 5.47. The maximum absolute atomic E-state index is 5.47. The first-order chi connectivity index (χ1) is 11.2. The van der Waals surface area contributed by atoms with Crippen molar-refractivity contribution in [1.29, 1.82) is 0 Å². The van der Waals surface area contributed by atoms with Gasteiger partial charge in [0, 0.05) is 17.3 Å². The number of nitrogens with zero attached hydrogens (tertiary/aromatic N) is 1. The van der Waals surface area contributed by atoms with Crippen molar-refractivity contribution in [1.82, 2.24) is 4.98 Å². The summed E-state index contributed by atoms with van der Waals surface area (Å²) in [6.45, 7) is 4.30. The fraction of sp³-hybridized carbons (Fsp3) is 0.250. The molecule has 1 aromatic heterocycles. The van der Waals surface area contributed by atoms with Crippen LogP contribution in [0.4, 0.5) is 11.4 Å². The Kier molecular flexibility index (Phi) is 4.47. The van der Waals surface area contributed by atoms with Crippen LogP contribution in [-0.4, -0.2) is 12.1 Å². The number of nitrogens with one attached hydrogen (secondary N) is 1. The molecule has 3 heteroatoms. The zero-order valence-electron chi connectivity index (χ0n) is 13.9. The lowest BCUT2D eigenvalue weighted by atomic mass is 10.0. The SMILES string of the molecule is CCCc1cnc2c(OC)cccc2c1Nc1ccccc1C. The van der Waals surface area contributed by atoms with Crippen molar-refractivity contribution >= 4 is 22.3 Å². The van der Waals surface area contributed by atoms with Gasteiger partial charge in [0.15, 0.2) is 0 Å². The number of hydrogen-bond donors (Lipinski definition) is 1. The van der Waals surface area contributed by atoms with Crippen molar-refractivity contribution in [2.75, 3.05) is 12.4 Å². The van der Waals surface area contributed by atoms with Gasteiger partial charge in [-0.1, -0.05) is 43.7 Å². The molecule has 118 valence electrons. The molecule has 0 saturated carbocycles. The Morgan fingerprint density at radius 3 is 2.65 bits per heavy atom. The topological polar surface area (TPSA) is 34.1 Å². The number of aryl methyl sites for hydroxylation is 2. The minimum atomic E-state index is 0.804. The van der Waals surface area contributed by atoms with E-state index in [0.29, 0.717) is 0 Å². The Morgan fingerprint density at radius 2 is 1.91 bits per heavy atom. The van der Waals surface area contributed by atoms with Gasteiger partial charge in [-0.25, -0.2) is 0 Å². The first-order valence-electron chi connectivity index (χ1n) is 8.01. The van der Waals surface area contributed by atoms with Gasteiger partial charge in [0.05, 0.1) is 12.8 Å². The molecule has 0 atom stereocenters. The number of methoxy groups -OCH3 is 1. The highest BCUT2D eigenvalue weighted by Gasteiger charge is 2.12. The zero-order valence-corrected chi connectivity index (χ0v) is 13.9. The molecule has 0 aliphatic rings. The molecular formula is C20H22N2O. The quantitative estimate of drug-likeness (QED) is 0.699. The van der Waals surface area contributed by atoms with E-state index < -0.39 is 0 Å². The number of para-hydroxylation sites is 2. The Morgan fingerprint density at radius 1 is 1.09 bits per heavy atom. The van der Waals surface area contributed by atoms with Crippen LogP contribution in [0.15, 0.2) is 48.7 Å². The predicted molar refractivity (Wildman–Crippen MR) is 96.8 cm³/mol. The molecule has 1 N–H and O–H groups in total. The molecule has 1 heterocycles. The van der Waals surface area contributed by atoms with E-state index in [9.17, 15) is 0 Å². The number of fused-ring (bicyclic) bond motifs is 1. The molecule has 0 saturated heterocycles. The molecule has 0 amide bonds. The zero-order chi connectivity index (χ0) is 16.2. The molecule has 0 aliphatic heterocycles. The number of pyridine rings is 1. The van der Waals surface area contributed by atoms with E-state index in [1.54, 1.807) is 7.11 Å². The molecule has 3 rings (SSSR count). The summed E-state index contributed by atoms with van der Waals surface area (Å²) >= 11 is 0. The lowest BCUT2D eigenvalue weighted by Gasteiger charge is -2.17. The van der Waals surface area contributed by atoms with Gasteiger partial charge in [-0.15, -0.1) is 0 Å². The fourth-order valence-electron chi connectivity index (χ4n) is 2.86. The van der Waals surface area contributed by atoms with Gasteiger partial charge in [-0.05, 0) is 36.6 Å². The molecule has 0 fully saturated rings. The molecule has 2 aromatic carbocycles. The first-order valence-corrected chi connectivity index (χ1v) is 8.01. The summed E-state index contributed by atoms with van der Waals surface area (Å²) < 4.78 is 5.47. The second-order valence-corrected chi connectivity index (χ2v) is 5.70. The van der Waals surface area contributed by atoms with E-state index in [-0.39, 0.29) is 0 Å². The van der Waals surface area contributed by atoms with Crippen molar-refractivity contribution in [3.05, 3.63) is 59.8 Å². The van der Waals surface area contributed by atoms with E-state index in [2.05, 4.69) is 54.5 Å². The summed E-state index contributed by atoms with van der Waals surface area (Å²) in [5.74, 6) is 0.804. The van der Waals surface area contributed by atoms with Gasteiger partial charge in [-0.2, -0.15) is 0 Å². The molecule has 0 bridgehead atoms. The minimum absolute atomic E-state index is 0.804. The van der Waals surface area contributed by atoms with Crippen molar-refractivity contribution < 1.29 is 4.74 Å². The molecule has 3 nitrogen and oxygen atoms in total. The standard InChI is InChI=1S/C20H22N2O/c1-4-8-15-13-21-20-16(10-7-12-18(20)23-3)19(15)22-17-11-6-5-9-14(17)2/h5-7,9-13H,4,8H2,1-3H3,(H,21,22). The Bertz CT molecular complexity index is 827. The Labute approximate surface area is 137 Å². The van der Waals surface area contributed by atoms with Crippen LogP contribution in [0.3, 0.4) is 0 Å².